The quantitative estimate of drug-likeness (QED) is 0.942. The Morgan fingerprint density at radius 1 is 1.18 bits per heavy atom. The van der Waals surface area contributed by atoms with Gasteiger partial charge in [0.2, 0.25) is 0 Å². The summed E-state index contributed by atoms with van der Waals surface area (Å²) in [5, 5.41) is 6.17. The van der Waals surface area contributed by atoms with Gasteiger partial charge in [-0.05, 0) is 48.2 Å². The van der Waals surface area contributed by atoms with E-state index < -0.39 is 0 Å². The van der Waals surface area contributed by atoms with Crippen LogP contribution in [-0.4, -0.2) is 38.2 Å². The van der Waals surface area contributed by atoms with Gasteiger partial charge in [0.1, 0.15) is 5.75 Å². The van der Waals surface area contributed by atoms with Crippen molar-refractivity contribution in [2.45, 2.75) is 19.4 Å². The van der Waals surface area contributed by atoms with E-state index in [2.05, 4.69) is 46.6 Å². The third-order valence-corrected chi connectivity index (χ3v) is 5.45. The molecule has 2 aliphatic heterocycles. The van der Waals surface area contributed by atoms with Crippen LogP contribution in [-0.2, 0) is 6.54 Å². The maximum atomic E-state index is 5.64. The Labute approximate surface area is 132 Å². The number of rotatable bonds is 3. The Bertz CT molecular complexity index is 676. The second-order valence-electron chi connectivity index (χ2n) is 6.85. The molecule has 0 amide bonds. The van der Waals surface area contributed by atoms with Gasteiger partial charge in [0.15, 0.2) is 0 Å². The summed E-state index contributed by atoms with van der Waals surface area (Å²) in [5.41, 5.74) is 1.86. The van der Waals surface area contributed by atoms with Crippen LogP contribution in [0.5, 0.6) is 5.75 Å². The highest BCUT2D eigenvalue weighted by atomic mass is 16.5. The largest absolute Gasteiger partial charge is 0.496 e. The normalized spacial score (nSPS) is 25.3. The fraction of sp³-hybridized carbons (Fsp3) is 0.474. The topological polar surface area (TPSA) is 24.5 Å². The second-order valence-corrected chi connectivity index (χ2v) is 6.85. The van der Waals surface area contributed by atoms with Gasteiger partial charge in [-0.15, -0.1) is 0 Å². The average Bonchev–Trinajstić information content (AvgIpc) is 3.18. The van der Waals surface area contributed by atoms with Crippen LogP contribution in [0, 0.1) is 5.41 Å². The highest BCUT2D eigenvalue weighted by molar-refractivity contribution is 5.87. The maximum absolute atomic E-state index is 5.64. The Kier molecular flexibility index (Phi) is 3.55. The number of methoxy groups -OCH3 is 1. The first-order valence-corrected chi connectivity index (χ1v) is 8.27. The zero-order valence-electron chi connectivity index (χ0n) is 13.3. The van der Waals surface area contributed by atoms with E-state index in [9.17, 15) is 0 Å². The number of likely N-dealkylation sites (tertiary alicyclic amines) is 1. The van der Waals surface area contributed by atoms with Crippen molar-refractivity contribution in [1.82, 2.24) is 10.2 Å². The highest BCUT2D eigenvalue weighted by Gasteiger charge is 2.40. The molecule has 0 saturated carbocycles. The van der Waals surface area contributed by atoms with Crippen molar-refractivity contribution in [3.8, 4) is 5.75 Å². The fourth-order valence-electron chi connectivity index (χ4n) is 4.20. The summed E-state index contributed by atoms with van der Waals surface area (Å²) < 4.78 is 5.64. The molecule has 2 aromatic carbocycles. The molecule has 1 unspecified atom stereocenters. The van der Waals surface area contributed by atoms with Gasteiger partial charge >= 0.3 is 0 Å². The van der Waals surface area contributed by atoms with Gasteiger partial charge in [0, 0.05) is 25.2 Å². The smallest absolute Gasteiger partial charge is 0.123 e. The summed E-state index contributed by atoms with van der Waals surface area (Å²) in [6, 6.07) is 12.9. The van der Waals surface area contributed by atoms with Gasteiger partial charge in [-0.3, -0.25) is 4.90 Å². The van der Waals surface area contributed by atoms with Crippen LogP contribution in [0.3, 0.4) is 0 Å². The molecule has 0 aliphatic carbocycles. The molecular formula is C19H24N2O. The van der Waals surface area contributed by atoms with Gasteiger partial charge in [-0.1, -0.05) is 30.3 Å². The number of benzene rings is 2. The van der Waals surface area contributed by atoms with Crippen molar-refractivity contribution >= 4 is 10.8 Å². The molecule has 3 heteroatoms. The molecule has 1 spiro atoms. The van der Waals surface area contributed by atoms with E-state index in [0.717, 1.165) is 12.3 Å². The Morgan fingerprint density at radius 3 is 2.91 bits per heavy atom. The van der Waals surface area contributed by atoms with Crippen molar-refractivity contribution < 1.29 is 4.74 Å². The molecule has 2 aliphatic rings. The monoisotopic (exact) mass is 296 g/mol. The van der Waals surface area contributed by atoms with Crippen LogP contribution in [0.2, 0.25) is 0 Å². The molecule has 0 aromatic heterocycles. The van der Waals surface area contributed by atoms with E-state index in [1.165, 1.54) is 55.4 Å². The predicted octanol–water partition coefficient (Wildman–Crippen LogP) is 3.03. The molecule has 0 bridgehead atoms. The minimum absolute atomic E-state index is 0.526. The Balaban J connectivity index is 1.63. The van der Waals surface area contributed by atoms with Gasteiger partial charge < -0.3 is 10.1 Å². The summed E-state index contributed by atoms with van der Waals surface area (Å²) in [7, 11) is 1.78. The first kappa shape index (κ1) is 14.0. The molecule has 1 atom stereocenters. The van der Waals surface area contributed by atoms with E-state index in [4.69, 9.17) is 4.74 Å². The first-order valence-electron chi connectivity index (χ1n) is 8.27. The molecule has 3 nitrogen and oxygen atoms in total. The van der Waals surface area contributed by atoms with Gasteiger partial charge in [0.25, 0.3) is 0 Å². The summed E-state index contributed by atoms with van der Waals surface area (Å²) in [6.45, 7) is 5.79. The van der Waals surface area contributed by atoms with Crippen molar-refractivity contribution in [3.05, 3.63) is 42.0 Å². The number of hydrogen-bond donors (Lipinski definition) is 1. The second kappa shape index (κ2) is 5.56. The number of ether oxygens (including phenoxy) is 1. The number of nitrogens with one attached hydrogen (secondary N) is 1. The molecule has 1 N–H and O–H groups in total. The van der Waals surface area contributed by atoms with Crippen LogP contribution in [0.4, 0.5) is 0 Å². The average molecular weight is 296 g/mol. The zero-order chi connectivity index (χ0) is 15.0. The lowest BCUT2D eigenvalue weighted by Crippen LogP contribution is -2.29. The van der Waals surface area contributed by atoms with Crippen LogP contribution in [0.25, 0.3) is 10.8 Å². The molecule has 116 valence electrons. The summed E-state index contributed by atoms with van der Waals surface area (Å²) >= 11 is 0. The zero-order valence-corrected chi connectivity index (χ0v) is 13.3. The lowest BCUT2D eigenvalue weighted by molar-refractivity contribution is 0.266. The Hall–Kier alpha value is -1.58. The molecule has 22 heavy (non-hydrogen) atoms. The Morgan fingerprint density at radius 2 is 2.09 bits per heavy atom. The van der Waals surface area contributed by atoms with E-state index in [-0.39, 0.29) is 0 Å². The minimum Gasteiger partial charge on any atom is -0.496 e. The van der Waals surface area contributed by atoms with Crippen molar-refractivity contribution in [2.24, 2.45) is 5.41 Å². The lowest BCUT2D eigenvalue weighted by Gasteiger charge is -2.24. The molecule has 2 aromatic rings. The SMILES string of the molecule is COc1ccc2ccccc2c1CN1CCC2(CCNC2)C1. The molecule has 2 saturated heterocycles. The molecule has 4 rings (SSSR count). The third-order valence-electron chi connectivity index (χ3n) is 5.45. The first-order chi connectivity index (χ1) is 10.8. The molecule has 2 heterocycles. The van der Waals surface area contributed by atoms with Crippen LogP contribution in [0.1, 0.15) is 18.4 Å². The van der Waals surface area contributed by atoms with Crippen molar-refractivity contribution in [1.29, 1.82) is 0 Å². The number of nitrogens with zero attached hydrogens (tertiary/aromatic N) is 1. The highest BCUT2D eigenvalue weighted by Crippen LogP contribution is 2.38. The van der Waals surface area contributed by atoms with Crippen molar-refractivity contribution in [2.75, 3.05) is 33.3 Å². The van der Waals surface area contributed by atoms with Gasteiger partial charge in [-0.2, -0.15) is 0 Å². The van der Waals surface area contributed by atoms with Crippen molar-refractivity contribution in [3.63, 3.8) is 0 Å². The summed E-state index contributed by atoms with van der Waals surface area (Å²) in [6.07, 6.45) is 2.66. The van der Waals surface area contributed by atoms with Crippen LogP contribution >= 0.6 is 0 Å². The van der Waals surface area contributed by atoms with Crippen LogP contribution in [0.15, 0.2) is 36.4 Å². The van der Waals surface area contributed by atoms with Gasteiger partial charge in [0.05, 0.1) is 7.11 Å². The predicted molar refractivity (Wildman–Crippen MR) is 90.3 cm³/mol. The molecular weight excluding hydrogens is 272 g/mol. The lowest BCUT2D eigenvalue weighted by atomic mass is 9.86. The summed E-state index contributed by atoms with van der Waals surface area (Å²) in [4.78, 5) is 2.61. The summed E-state index contributed by atoms with van der Waals surface area (Å²) in [5.74, 6) is 1.02. The third kappa shape index (κ3) is 2.38. The van der Waals surface area contributed by atoms with E-state index in [1.807, 2.05) is 0 Å². The number of fused-ring (bicyclic) bond motifs is 1. The van der Waals surface area contributed by atoms with E-state index in [0.29, 0.717) is 5.41 Å². The van der Waals surface area contributed by atoms with Crippen LogP contribution < -0.4 is 10.1 Å². The van der Waals surface area contributed by atoms with E-state index in [1.54, 1.807) is 7.11 Å². The fourth-order valence-corrected chi connectivity index (χ4v) is 4.20. The minimum atomic E-state index is 0.526. The molecule has 0 radical (unpaired) electrons. The standard InChI is InChI=1S/C19H24N2O/c1-22-18-7-6-15-4-2-3-5-16(15)17(18)12-21-11-9-19(14-21)8-10-20-13-19/h2-7,20H,8-14H2,1H3. The van der Waals surface area contributed by atoms with Gasteiger partial charge in [-0.25, -0.2) is 0 Å². The number of hydrogen-bond acceptors (Lipinski definition) is 3. The maximum Gasteiger partial charge on any atom is 0.123 e. The molecule has 2 fully saturated rings. The van der Waals surface area contributed by atoms with E-state index >= 15 is 0 Å².